The molecule has 0 bridgehead atoms. The van der Waals surface area contributed by atoms with Gasteiger partial charge in [0.25, 0.3) is 5.91 Å². The van der Waals surface area contributed by atoms with Crippen LogP contribution in [0.3, 0.4) is 0 Å². The normalized spacial score (nSPS) is 11.3. The van der Waals surface area contributed by atoms with Gasteiger partial charge < -0.3 is 10.2 Å². The van der Waals surface area contributed by atoms with E-state index in [1.54, 1.807) is 18.3 Å². The number of hydrogen-bond donors (Lipinski definition) is 1. The van der Waals surface area contributed by atoms with Gasteiger partial charge in [-0.05, 0) is 55.9 Å². The molecule has 0 saturated heterocycles. The second-order valence-electron chi connectivity index (χ2n) is 6.84. The van der Waals surface area contributed by atoms with Crippen LogP contribution in [0.25, 0.3) is 10.9 Å². The minimum atomic E-state index is -0.256. The summed E-state index contributed by atoms with van der Waals surface area (Å²) in [5.41, 5.74) is 2.47. The molecule has 1 heterocycles. The molecular formula is C22H27FN4O. The highest BCUT2D eigenvalue weighted by molar-refractivity contribution is 5.97. The number of hydrogen-bond acceptors (Lipinski definition) is 3. The fourth-order valence-corrected chi connectivity index (χ4v) is 3.25. The van der Waals surface area contributed by atoms with Gasteiger partial charge in [0, 0.05) is 17.5 Å². The summed E-state index contributed by atoms with van der Waals surface area (Å²) in [6.45, 7) is 8.51. The van der Waals surface area contributed by atoms with Gasteiger partial charge in [-0.3, -0.25) is 9.48 Å². The van der Waals surface area contributed by atoms with E-state index in [9.17, 15) is 9.18 Å². The molecule has 0 atom stereocenters. The summed E-state index contributed by atoms with van der Waals surface area (Å²) in [4.78, 5) is 14.8. The Labute approximate surface area is 165 Å². The first-order valence-corrected chi connectivity index (χ1v) is 9.81. The lowest BCUT2D eigenvalue weighted by Gasteiger charge is -2.17. The number of nitrogens with one attached hydrogen (secondary N) is 1. The molecule has 0 unspecified atom stereocenters. The Morgan fingerprint density at radius 1 is 1.14 bits per heavy atom. The van der Waals surface area contributed by atoms with Crippen LogP contribution in [0.15, 0.2) is 48.7 Å². The Hall–Kier alpha value is -2.73. The fraction of sp³-hybridized carbons (Fsp3) is 0.364. The first kappa shape index (κ1) is 20.0. The smallest absolute Gasteiger partial charge is 0.251 e. The van der Waals surface area contributed by atoms with Crippen molar-refractivity contribution >= 4 is 16.8 Å². The third-order valence-electron chi connectivity index (χ3n) is 4.98. The highest BCUT2D eigenvalue weighted by atomic mass is 19.1. The number of rotatable bonds is 9. The van der Waals surface area contributed by atoms with E-state index >= 15 is 0 Å². The van der Waals surface area contributed by atoms with Gasteiger partial charge in [0.2, 0.25) is 0 Å². The van der Waals surface area contributed by atoms with E-state index in [1.165, 1.54) is 12.1 Å². The van der Waals surface area contributed by atoms with Crippen LogP contribution in [0, 0.1) is 5.82 Å². The number of nitrogens with zero attached hydrogens (tertiary/aromatic N) is 3. The van der Waals surface area contributed by atoms with Gasteiger partial charge in [-0.1, -0.05) is 32.0 Å². The summed E-state index contributed by atoms with van der Waals surface area (Å²) in [6.07, 6.45) is 2.71. The minimum Gasteiger partial charge on any atom is -0.352 e. The number of carbonyl (C=O) groups is 1. The van der Waals surface area contributed by atoms with E-state index < -0.39 is 0 Å². The summed E-state index contributed by atoms with van der Waals surface area (Å²) >= 11 is 0. The lowest BCUT2D eigenvalue weighted by molar-refractivity contribution is 0.0952. The second kappa shape index (κ2) is 9.46. The molecule has 1 N–H and O–H groups in total. The monoisotopic (exact) mass is 382 g/mol. The Balaban J connectivity index is 1.65. The maximum atomic E-state index is 13.1. The van der Waals surface area contributed by atoms with Crippen molar-refractivity contribution in [2.45, 2.75) is 26.8 Å². The molecule has 0 spiro atoms. The van der Waals surface area contributed by atoms with Gasteiger partial charge in [0.05, 0.1) is 18.3 Å². The quantitative estimate of drug-likeness (QED) is 0.574. The van der Waals surface area contributed by atoms with E-state index in [0.717, 1.165) is 42.5 Å². The zero-order valence-electron chi connectivity index (χ0n) is 16.5. The van der Waals surface area contributed by atoms with Crippen molar-refractivity contribution in [3.05, 3.63) is 65.6 Å². The van der Waals surface area contributed by atoms with Crippen LogP contribution in [0.5, 0.6) is 0 Å². The molecule has 0 aliphatic rings. The molecule has 3 aromatic rings. The number of fused-ring (bicyclic) bond motifs is 1. The Bertz CT molecular complexity index is 916. The van der Waals surface area contributed by atoms with E-state index in [2.05, 4.69) is 29.2 Å². The Morgan fingerprint density at radius 2 is 1.89 bits per heavy atom. The number of aromatic nitrogens is 2. The van der Waals surface area contributed by atoms with E-state index in [0.29, 0.717) is 18.7 Å². The van der Waals surface area contributed by atoms with Crippen molar-refractivity contribution in [1.29, 1.82) is 0 Å². The summed E-state index contributed by atoms with van der Waals surface area (Å²) in [5, 5.41) is 8.38. The van der Waals surface area contributed by atoms with Crippen molar-refractivity contribution in [1.82, 2.24) is 20.0 Å². The lowest BCUT2D eigenvalue weighted by Crippen LogP contribution is -2.29. The van der Waals surface area contributed by atoms with Crippen LogP contribution in [0.2, 0.25) is 0 Å². The van der Waals surface area contributed by atoms with Crippen LogP contribution in [-0.4, -0.2) is 46.8 Å². The molecule has 0 aliphatic heterocycles. The van der Waals surface area contributed by atoms with Gasteiger partial charge >= 0.3 is 0 Å². The summed E-state index contributed by atoms with van der Waals surface area (Å²) in [5.74, 6) is -0.329. The molecule has 0 fully saturated rings. The molecule has 28 heavy (non-hydrogen) atoms. The molecule has 6 heteroatoms. The third kappa shape index (κ3) is 4.95. The van der Waals surface area contributed by atoms with Gasteiger partial charge in [0.15, 0.2) is 0 Å². The van der Waals surface area contributed by atoms with Crippen LogP contribution in [0.4, 0.5) is 4.39 Å². The van der Waals surface area contributed by atoms with Crippen molar-refractivity contribution in [3.63, 3.8) is 0 Å². The van der Waals surface area contributed by atoms with E-state index in [-0.39, 0.29) is 11.7 Å². The molecule has 2 aromatic carbocycles. The molecule has 148 valence electrons. The second-order valence-corrected chi connectivity index (χ2v) is 6.84. The Morgan fingerprint density at radius 3 is 2.61 bits per heavy atom. The first-order valence-electron chi connectivity index (χ1n) is 9.81. The Kier molecular flexibility index (Phi) is 6.76. The molecule has 0 aliphatic carbocycles. The molecule has 0 radical (unpaired) electrons. The van der Waals surface area contributed by atoms with Crippen molar-refractivity contribution in [3.8, 4) is 0 Å². The maximum absolute atomic E-state index is 13.1. The van der Waals surface area contributed by atoms with Gasteiger partial charge in [-0.15, -0.1) is 0 Å². The van der Waals surface area contributed by atoms with Crippen LogP contribution >= 0.6 is 0 Å². The van der Waals surface area contributed by atoms with E-state index in [1.807, 2.05) is 22.9 Å². The number of halogens is 1. The van der Waals surface area contributed by atoms with E-state index in [4.69, 9.17) is 0 Å². The number of benzene rings is 2. The topological polar surface area (TPSA) is 50.2 Å². The fourth-order valence-electron chi connectivity index (χ4n) is 3.25. The largest absolute Gasteiger partial charge is 0.352 e. The predicted molar refractivity (Wildman–Crippen MR) is 110 cm³/mol. The zero-order chi connectivity index (χ0) is 19.9. The van der Waals surface area contributed by atoms with Crippen molar-refractivity contribution < 1.29 is 9.18 Å². The molecule has 1 amide bonds. The highest BCUT2D eigenvalue weighted by Crippen LogP contribution is 2.17. The third-order valence-corrected chi connectivity index (χ3v) is 4.98. The molecule has 3 rings (SSSR count). The average Bonchev–Trinajstić information content (AvgIpc) is 3.11. The minimum absolute atomic E-state index is 0.0732. The predicted octanol–water partition coefficient (Wildman–Crippen LogP) is 3.69. The molecular weight excluding hydrogens is 355 g/mol. The van der Waals surface area contributed by atoms with Crippen LogP contribution in [-0.2, 0) is 6.54 Å². The zero-order valence-corrected chi connectivity index (χ0v) is 16.5. The first-order chi connectivity index (χ1) is 13.6. The van der Waals surface area contributed by atoms with Gasteiger partial charge in [0.1, 0.15) is 5.82 Å². The average molecular weight is 382 g/mol. The maximum Gasteiger partial charge on any atom is 0.251 e. The summed E-state index contributed by atoms with van der Waals surface area (Å²) in [7, 11) is 0. The summed E-state index contributed by atoms with van der Waals surface area (Å²) in [6, 6.07) is 12.0. The SMILES string of the molecule is CCN(CC)CCCNC(=O)c1ccc2cnn(Cc3ccc(F)cc3)c2c1. The lowest BCUT2D eigenvalue weighted by atomic mass is 10.1. The number of carbonyl (C=O) groups excluding carboxylic acids is 1. The molecule has 0 saturated carbocycles. The van der Waals surface area contributed by atoms with Crippen molar-refractivity contribution in [2.24, 2.45) is 0 Å². The standard InChI is InChI=1S/C22H27FN4O/c1-3-26(4-2)13-5-12-24-22(28)18-8-9-19-15-25-27(21(19)14-18)16-17-6-10-20(23)11-7-17/h6-11,14-15H,3-5,12-13,16H2,1-2H3,(H,24,28). The van der Waals surface area contributed by atoms with Crippen molar-refractivity contribution in [2.75, 3.05) is 26.2 Å². The van der Waals surface area contributed by atoms with Crippen LogP contribution < -0.4 is 5.32 Å². The van der Waals surface area contributed by atoms with Crippen LogP contribution in [0.1, 0.15) is 36.2 Å². The van der Waals surface area contributed by atoms with Gasteiger partial charge in [-0.25, -0.2) is 4.39 Å². The van der Waals surface area contributed by atoms with Gasteiger partial charge in [-0.2, -0.15) is 5.10 Å². The summed E-state index contributed by atoms with van der Waals surface area (Å²) < 4.78 is 14.9. The number of amides is 1. The molecule has 5 nitrogen and oxygen atoms in total. The molecule has 1 aromatic heterocycles. The highest BCUT2D eigenvalue weighted by Gasteiger charge is 2.10.